The van der Waals surface area contributed by atoms with Crippen LogP contribution in [0.3, 0.4) is 0 Å². The number of hydrogen-bond acceptors (Lipinski definition) is 7. The van der Waals surface area contributed by atoms with Crippen LogP contribution in [-0.2, 0) is 28.5 Å². The van der Waals surface area contributed by atoms with Gasteiger partial charge in [0.2, 0.25) is 0 Å². The molecule has 154 valence electrons. The summed E-state index contributed by atoms with van der Waals surface area (Å²) in [4.78, 5) is 41.0. The minimum atomic E-state index is -0.919. The van der Waals surface area contributed by atoms with E-state index in [1.165, 1.54) is 20.2 Å². The van der Waals surface area contributed by atoms with Crippen molar-refractivity contribution in [1.29, 1.82) is 0 Å². The van der Waals surface area contributed by atoms with Crippen LogP contribution in [-0.4, -0.2) is 38.1 Å². The maximum atomic E-state index is 14.7. The van der Waals surface area contributed by atoms with Crippen LogP contribution in [0.2, 0.25) is 5.02 Å². The van der Waals surface area contributed by atoms with Gasteiger partial charge in [0.05, 0.1) is 16.4 Å². The highest BCUT2D eigenvalue weighted by atomic mass is 35.5. The van der Waals surface area contributed by atoms with Crippen molar-refractivity contribution in [3.8, 4) is 5.69 Å². The van der Waals surface area contributed by atoms with E-state index in [4.69, 9.17) is 33.4 Å². The summed E-state index contributed by atoms with van der Waals surface area (Å²) in [6.45, 7) is 1.92. The molecule has 0 aliphatic carbocycles. The Kier molecular flexibility index (Phi) is 5.46. The Morgan fingerprint density at radius 3 is 2.55 bits per heavy atom. The van der Waals surface area contributed by atoms with E-state index < -0.39 is 22.8 Å². The second kappa shape index (κ2) is 7.56. The number of rotatable bonds is 5. The van der Waals surface area contributed by atoms with Gasteiger partial charge < -0.3 is 9.57 Å². The molecular weight excluding hydrogens is 427 g/mol. The Hall–Kier alpha value is -2.79. The largest absolute Gasteiger partial charge is 0.464 e. The maximum Gasteiger partial charge on any atom is 0.338 e. The summed E-state index contributed by atoms with van der Waals surface area (Å²) in [5.74, 6) is -0.873. The van der Waals surface area contributed by atoms with Crippen LogP contribution in [0.5, 0.6) is 0 Å². The van der Waals surface area contributed by atoms with Gasteiger partial charge in [-0.3, -0.25) is 13.9 Å². The quantitative estimate of drug-likeness (QED) is 0.513. The monoisotopic (exact) mass is 442 g/mol. The molecule has 0 bridgehead atoms. The van der Waals surface area contributed by atoms with Gasteiger partial charge in [-0.25, -0.2) is 18.5 Å². The highest BCUT2D eigenvalue weighted by molar-refractivity contribution is 7.71. The van der Waals surface area contributed by atoms with Gasteiger partial charge >= 0.3 is 11.4 Å². The fourth-order valence-corrected chi connectivity index (χ4v) is 3.34. The van der Waals surface area contributed by atoms with E-state index >= 15 is 0 Å². The van der Waals surface area contributed by atoms with Gasteiger partial charge in [0.15, 0.2) is 10.4 Å². The molecule has 12 heteroatoms. The molecule has 0 spiro atoms. The zero-order chi connectivity index (χ0) is 21.5. The van der Waals surface area contributed by atoms with E-state index in [0.29, 0.717) is 16.8 Å². The van der Waals surface area contributed by atoms with E-state index in [1.54, 1.807) is 6.92 Å². The molecule has 0 fully saturated rings. The average Bonchev–Trinajstić information content (AvgIpc) is 3.07. The van der Waals surface area contributed by atoms with E-state index in [1.807, 2.05) is 0 Å². The Bertz CT molecular complexity index is 1180. The summed E-state index contributed by atoms with van der Waals surface area (Å²) in [6.07, 6.45) is 0.206. The van der Waals surface area contributed by atoms with Crippen molar-refractivity contribution < 1.29 is 18.8 Å². The van der Waals surface area contributed by atoms with Crippen molar-refractivity contribution in [2.45, 2.75) is 18.9 Å². The molecule has 0 saturated carbocycles. The standard InChI is InChI=1S/C17H16ClFN4O5S/c1-17(7-27-8-24)6-12(20-28-17)9-4-13(11(19)5-10(9)18)23-14(25)21(2)16(29)22(3)15(23)26/h4-5,8H,6-7H2,1-3H3. The summed E-state index contributed by atoms with van der Waals surface area (Å²) in [5, 5.41) is 3.97. The van der Waals surface area contributed by atoms with E-state index in [0.717, 1.165) is 15.2 Å². The summed E-state index contributed by atoms with van der Waals surface area (Å²) in [6, 6.07) is 2.23. The first kappa shape index (κ1) is 20.9. The predicted molar refractivity (Wildman–Crippen MR) is 105 cm³/mol. The Morgan fingerprint density at radius 1 is 1.34 bits per heavy atom. The summed E-state index contributed by atoms with van der Waals surface area (Å²) in [7, 11) is 2.76. The lowest BCUT2D eigenvalue weighted by Gasteiger charge is -2.19. The molecule has 1 aromatic heterocycles. The minimum Gasteiger partial charge on any atom is -0.464 e. The second-order valence-corrected chi connectivity index (χ2v) is 7.52. The van der Waals surface area contributed by atoms with Crippen molar-refractivity contribution >= 4 is 36.0 Å². The molecule has 0 N–H and O–H groups in total. The molecule has 29 heavy (non-hydrogen) atoms. The first-order chi connectivity index (χ1) is 13.6. The lowest BCUT2D eigenvalue weighted by molar-refractivity contribution is -0.137. The van der Waals surface area contributed by atoms with Crippen molar-refractivity contribution in [1.82, 2.24) is 13.7 Å². The maximum absolute atomic E-state index is 14.7. The number of halogens is 2. The number of carbonyl (C=O) groups is 1. The zero-order valence-corrected chi connectivity index (χ0v) is 17.2. The van der Waals surface area contributed by atoms with Crippen LogP contribution in [0.4, 0.5) is 4.39 Å². The molecule has 0 saturated heterocycles. The Labute approximate surface area is 173 Å². The topological polar surface area (TPSA) is 96.8 Å². The number of benzene rings is 1. The summed E-state index contributed by atoms with van der Waals surface area (Å²) in [5.41, 5.74) is -2.21. The second-order valence-electron chi connectivity index (χ2n) is 6.75. The van der Waals surface area contributed by atoms with Crippen LogP contribution >= 0.6 is 23.8 Å². The lowest BCUT2D eigenvalue weighted by atomic mass is 9.96. The van der Waals surface area contributed by atoms with Crippen molar-refractivity contribution in [3.63, 3.8) is 0 Å². The summed E-state index contributed by atoms with van der Waals surface area (Å²) >= 11 is 11.2. The third kappa shape index (κ3) is 3.62. The minimum absolute atomic E-state index is 0.00893. The first-order valence-corrected chi connectivity index (χ1v) is 9.07. The van der Waals surface area contributed by atoms with Gasteiger partial charge in [0.25, 0.3) is 6.47 Å². The lowest BCUT2D eigenvalue weighted by Crippen LogP contribution is -2.43. The molecule has 1 aliphatic rings. The molecule has 1 aliphatic heterocycles. The van der Waals surface area contributed by atoms with Gasteiger partial charge in [0.1, 0.15) is 12.4 Å². The SMILES string of the molecule is Cn1c(=S)n(C)c(=O)n(-c2cc(C3=NOC(C)(COC=O)C3)c(Cl)cc2F)c1=O. The summed E-state index contributed by atoms with van der Waals surface area (Å²) < 4.78 is 22.2. The van der Waals surface area contributed by atoms with Gasteiger partial charge in [-0.1, -0.05) is 16.8 Å². The fourth-order valence-electron chi connectivity index (χ4n) is 2.92. The predicted octanol–water partition coefficient (Wildman–Crippen LogP) is 1.45. The number of aromatic nitrogens is 3. The van der Waals surface area contributed by atoms with E-state index in [9.17, 15) is 18.8 Å². The number of oxime groups is 1. The third-order valence-electron chi connectivity index (χ3n) is 4.49. The van der Waals surface area contributed by atoms with Crippen molar-refractivity contribution in [2.75, 3.05) is 6.61 Å². The van der Waals surface area contributed by atoms with E-state index in [-0.39, 0.29) is 34.1 Å². The van der Waals surface area contributed by atoms with Gasteiger partial charge in [0, 0.05) is 26.1 Å². The van der Waals surface area contributed by atoms with Gasteiger partial charge in [-0.05, 0) is 31.3 Å². The molecule has 1 aromatic carbocycles. The number of ether oxygens (including phenoxy) is 1. The number of hydrogen-bond donors (Lipinski definition) is 0. The van der Waals surface area contributed by atoms with Crippen LogP contribution in [0.1, 0.15) is 18.9 Å². The van der Waals surface area contributed by atoms with Gasteiger partial charge in [-0.15, -0.1) is 0 Å². The third-order valence-corrected chi connectivity index (χ3v) is 5.35. The van der Waals surface area contributed by atoms with E-state index in [2.05, 4.69) is 5.16 Å². The van der Waals surface area contributed by atoms with Crippen molar-refractivity contribution in [2.24, 2.45) is 19.3 Å². The first-order valence-electron chi connectivity index (χ1n) is 8.29. The molecule has 0 amide bonds. The number of carbonyl (C=O) groups excluding carboxylic acids is 1. The molecule has 0 radical (unpaired) electrons. The van der Waals surface area contributed by atoms with Crippen LogP contribution in [0.25, 0.3) is 5.69 Å². The molecule has 1 atom stereocenters. The Morgan fingerprint density at radius 2 is 1.97 bits per heavy atom. The van der Waals surface area contributed by atoms with Crippen molar-refractivity contribution in [3.05, 3.63) is 54.3 Å². The molecular formula is C17H16ClFN4O5S. The molecule has 3 rings (SSSR count). The highest BCUT2D eigenvalue weighted by Crippen LogP contribution is 2.31. The zero-order valence-electron chi connectivity index (χ0n) is 15.6. The van der Waals surface area contributed by atoms with Crippen LogP contribution in [0.15, 0.2) is 26.9 Å². The highest BCUT2D eigenvalue weighted by Gasteiger charge is 2.36. The normalized spacial score (nSPS) is 18.3. The number of nitrogens with zero attached hydrogens (tertiary/aromatic N) is 4. The van der Waals surface area contributed by atoms with Crippen LogP contribution < -0.4 is 11.4 Å². The fraction of sp³-hybridized carbons (Fsp3) is 0.353. The average molecular weight is 443 g/mol. The smallest absolute Gasteiger partial charge is 0.338 e. The molecule has 2 aromatic rings. The van der Waals surface area contributed by atoms with Gasteiger partial charge in [-0.2, -0.15) is 0 Å². The molecule has 1 unspecified atom stereocenters. The molecule has 2 heterocycles. The molecule has 9 nitrogen and oxygen atoms in total. The van der Waals surface area contributed by atoms with Crippen LogP contribution in [0, 0.1) is 10.6 Å². The Balaban J connectivity index is 2.15.